The van der Waals surface area contributed by atoms with E-state index < -0.39 is 0 Å². The fraction of sp³-hybridized carbons (Fsp3) is 0.400. The number of para-hydroxylation sites is 2. The van der Waals surface area contributed by atoms with Crippen LogP contribution in [-0.2, 0) is 13.6 Å². The van der Waals surface area contributed by atoms with Crippen LogP contribution in [0.3, 0.4) is 0 Å². The van der Waals surface area contributed by atoms with Crippen LogP contribution in [0.15, 0.2) is 48.7 Å². The lowest BCUT2D eigenvalue weighted by molar-refractivity contribution is 0.201. The van der Waals surface area contributed by atoms with Crippen molar-refractivity contribution in [1.29, 1.82) is 0 Å². The largest absolute Gasteiger partial charge is 0.355 e. The zero-order valence-corrected chi connectivity index (χ0v) is 15.0. The molecule has 3 aromatic rings. The topological polar surface area (TPSA) is 37.2 Å². The van der Waals surface area contributed by atoms with Crippen molar-refractivity contribution in [2.45, 2.75) is 25.4 Å². The Kier molecular flexibility index (Phi) is 4.40. The number of aromatic nitrogens is 3. The molecule has 0 bridgehead atoms. The van der Waals surface area contributed by atoms with Gasteiger partial charge in [-0.2, -0.15) is 0 Å². The Balaban J connectivity index is 1.48. The molecular weight excluding hydrogens is 310 g/mol. The molecule has 2 aromatic heterocycles. The molecule has 1 atom stereocenters. The number of anilines is 1. The van der Waals surface area contributed by atoms with Gasteiger partial charge in [0.25, 0.3) is 0 Å². The molecule has 25 heavy (non-hydrogen) atoms. The van der Waals surface area contributed by atoms with Crippen molar-refractivity contribution in [3.8, 4) is 0 Å². The average molecular weight is 335 g/mol. The number of rotatable bonds is 4. The summed E-state index contributed by atoms with van der Waals surface area (Å²) in [5.41, 5.74) is 2.27. The van der Waals surface area contributed by atoms with E-state index in [1.807, 2.05) is 12.3 Å². The average Bonchev–Trinajstić information content (AvgIpc) is 2.98. The van der Waals surface area contributed by atoms with Crippen molar-refractivity contribution in [3.05, 3.63) is 54.5 Å². The van der Waals surface area contributed by atoms with Crippen LogP contribution >= 0.6 is 0 Å². The molecular formula is C20H25N5. The molecule has 4 rings (SSSR count). The molecule has 0 spiro atoms. The van der Waals surface area contributed by atoms with E-state index >= 15 is 0 Å². The molecule has 1 saturated heterocycles. The van der Waals surface area contributed by atoms with E-state index in [1.54, 1.807) is 0 Å². The van der Waals surface area contributed by atoms with Gasteiger partial charge in [0.1, 0.15) is 11.6 Å². The van der Waals surface area contributed by atoms with Crippen LogP contribution in [0.2, 0.25) is 0 Å². The fourth-order valence-electron chi connectivity index (χ4n) is 3.75. The highest BCUT2D eigenvalue weighted by Gasteiger charge is 2.25. The molecule has 1 aliphatic heterocycles. The molecule has 0 aliphatic carbocycles. The second kappa shape index (κ2) is 6.84. The predicted molar refractivity (Wildman–Crippen MR) is 102 cm³/mol. The zero-order valence-electron chi connectivity index (χ0n) is 15.0. The lowest BCUT2D eigenvalue weighted by Gasteiger charge is -2.38. The molecule has 0 radical (unpaired) electrons. The molecule has 1 aromatic carbocycles. The molecule has 5 nitrogen and oxygen atoms in total. The van der Waals surface area contributed by atoms with Gasteiger partial charge in [-0.25, -0.2) is 9.97 Å². The maximum atomic E-state index is 4.82. The highest BCUT2D eigenvalue weighted by atomic mass is 15.3. The molecule has 130 valence electrons. The smallest absolute Gasteiger partial charge is 0.128 e. The number of imidazole rings is 1. The van der Waals surface area contributed by atoms with Crippen LogP contribution in [0.4, 0.5) is 5.82 Å². The molecule has 5 heteroatoms. The van der Waals surface area contributed by atoms with Crippen molar-refractivity contribution < 1.29 is 0 Å². The van der Waals surface area contributed by atoms with E-state index in [0.29, 0.717) is 6.04 Å². The number of pyridine rings is 1. The monoisotopic (exact) mass is 335 g/mol. The summed E-state index contributed by atoms with van der Waals surface area (Å²) >= 11 is 0. The van der Waals surface area contributed by atoms with E-state index in [1.165, 1.54) is 18.4 Å². The molecule has 0 saturated carbocycles. The second-order valence-corrected chi connectivity index (χ2v) is 6.92. The summed E-state index contributed by atoms with van der Waals surface area (Å²) in [6.45, 7) is 2.98. The molecule has 1 aliphatic rings. The van der Waals surface area contributed by atoms with Gasteiger partial charge in [-0.1, -0.05) is 18.2 Å². The third-order valence-electron chi connectivity index (χ3n) is 5.26. The lowest BCUT2D eigenvalue weighted by atomic mass is 10.0. The van der Waals surface area contributed by atoms with Crippen LogP contribution in [0.5, 0.6) is 0 Å². The van der Waals surface area contributed by atoms with E-state index in [4.69, 9.17) is 4.98 Å². The highest BCUT2D eigenvalue weighted by Crippen LogP contribution is 2.22. The van der Waals surface area contributed by atoms with E-state index in [9.17, 15) is 0 Å². The normalized spacial score (nSPS) is 18.2. The zero-order chi connectivity index (χ0) is 17.2. The van der Waals surface area contributed by atoms with Gasteiger partial charge in [0.2, 0.25) is 0 Å². The number of hydrogen-bond donors (Lipinski definition) is 0. The summed E-state index contributed by atoms with van der Waals surface area (Å²) in [5, 5.41) is 0. The standard InChI is InChI=1S/C20H25N5/c1-23(15-20-22-17-9-3-4-10-18(17)24(20)2)16-8-7-13-25(14-16)19-11-5-6-12-21-19/h3-6,9-12,16H,7-8,13-15H2,1-2H3/t16-/m0/s1. The van der Waals surface area contributed by atoms with Gasteiger partial charge in [-0.3, -0.25) is 4.90 Å². The first-order valence-electron chi connectivity index (χ1n) is 8.99. The Hall–Kier alpha value is -2.40. The Bertz CT molecular complexity index is 842. The summed E-state index contributed by atoms with van der Waals surface area (Å²) < 4.78 is 2.21. The van der Waals surface area contributed by atoms with Crippen molar-refractivity contribution in [2.24, 2.45) is 7.05 Å². The SMILES string of the molecule is CN(Cc1nc2ccccc2n1C)[C@H]1CCCN(c2ccccn2)C1. The minimum atomic E-state index is 0.524. The van der Waals surface area contributed by atoms with Gasteiger partial charge in [0, 0.05) is 32.4 Å². The van der Waals surface area contributed by atoms with E-state index in [-0.39, 0.29) is 0 Å². The first-order chi connectivity index (χ1) is 12.2. The molecule has 0 amide bonds. The Morgan fingerprint density at radius 1 is 1.16 bits per heavy atom. The van der Waals surface area contributed by atoms with Crippen LogP contribution in [0.1, 0.15) is 18.7 Å². The Morgan fingerprint density at radius 3 is 2.80 bits per heavy atom. The minimum Gasteiger partial charge on any atom is -0.355 e. The van der Waals surface area contributed by atoms with Gasteiger partial charge in [0.05, 0.1) is 17.6 Å². The van der Waals surface area contributed by atoms with E-state index in [2.05, 4.69) is 69.8 Å². The van der Waals surface area contributed by atoms with E-state index in [0.717, 1.165) is 36.8 Å². The number of benzene rings is 1. The predicted octanol–water partition coefficient (Wildman–Crippen LogP) is 3.07. The van der Waals surface area contributed by atoms with Crippen LogP contribution in [-0.4, -0.2) is 45.6 Å². The number of piperidine rings is 1. The Morgan fingerprint density at radius 2 is 2.00 bits per heavy atom. The number of likely N-dealkylation sites (N-methyl/N-ethyl adjacent to an activating group) is 1. The number of nitrogens with zero attached hydrogens (tertiary/aromatic N) is 5. The minimum absolute atomic E-state index is 0.524. The Labute approximate surface area is 148 Å². The summed E-state index contributed by atoms with van der Waals surface area (Å²) in [4.78, 5) is 14.2. The van der Waals surface area contributed by atoms with Gasteiger partial charge in [-0.15, -0.1) is 0 Å². The first-order valence-corrected chi connectivity index (χ1v) is 8.99. The summed E-state index contributed by atoms with van der Waals surface area (Å²) in [6.07, 6.45) is 4.31. The van der Waals surface area contributed by atoms with Gasteiger partial charge in [-0.05, 0) is 44.2 Å². The van der Waals surface area contributed by atoms with Crippen molar-refractivity contribution in [3.63, 3.8) is 0 Å². The number of aryl methyl sites for hydroxylation is 1. The summed E-state index contributed by atoms with van der Waals surface area (Å²) in [6, 6.07) is 15.0. The van der Waals surface area contributed by atoms with Crippen LogP contribution < -0.4 is 4.90 Å². The summed E-state index contributed by atoms with van der Waals surface area (Å²) in [5.74, 6) is 2.21. The third kappa shape index (κ3) is 3.24. The number of hydrogen-bond acceptors (Lipinski definition) is 4. The molecule has 1 fully saturated rings. The molecule has 0 unspecified atom stereocenters. The van der Waals surface area contributed by atoms with Gasteiger partial charge >= 0.3 is 0 Å². The third-order valence-corrected chi connectivity index (χ3v) is 5.26. The van der Waals surface area contributed by atoms with Crippen molar-refractivity contribution >= 4 is 16.9 Å². The van der Waals surface area contributed by atoms with Gasteiger partial charge in [0.15, 0.2) is 0 Å². The van der Waals surface area contributed by atoms with Crippen LogP contribution in [0, 0.1) is 0 Å². The van der Waals surface area contributed by atoms with Crippen molar-refractivity contribution in [2.75, 3.05) is 25.0 Å². The maximum Gasteiger partial charge on any atom is 0.128 e. The highest BCUT2D eigenvalue weighted by molar-refractivity contribution is 5.75. The first kappa shape index (κ1) is 16.1. The van der Waals surface area contributed by atoms with Crippen LogP contribution in [0.25, 0.3) is 11.0 Å². The quantitative estimate of drug-likeness (QED) is 0.734. The van der Waals surface area contributed by atoms with Gasteiger partial charge < -0.3 is 9.47 Å². The number of fused-ring (bicyclic) bond motifs is 1. The lowest BCUT2D eigenvalue weighted by Crippen LogP contribution is -2.46. The molecule has 0 N–H and O–H groups in total. The second-order valence-electron chi connectivity index (χ2n) is 6.92. The maximum absolute atomic E-state index is 4.82. The fourth-order valence-corrected chi connectivity index (χ4v) is 3.75. The molecule has 3 heterocycles. The van der Waals surface area contributed by atoms with Crippen molar-refractivity contribution in [1.82, 2.24) is 19.4 Å². The summed E-state index contributed by atoms with van der Waals surface area (Å²) in [7, 11) is 4.32.